The molecule has 0 saturated heterocycles. The van der Waals surface area contributed by atoms with Gasteiger partial charge in [0.15, 0.2) is 0 Å². The van der Waals surface area contributed by atoms with Crippen molar-refractivity contribution in [3.8, 4) is 0 Å². The first-order valence-corrected chi connectivity index (χ1v) is 8.79. The molecule has 3 nitrogen and oxygen atoms in total. The zero-order chi connectivity index (χ0) is 17.3. The van der Waals surface area contributed by atoms with E-state index in [1.807, 2.05) is 37.3 Å². The summed E-state index contributed by atoms with van der Waals surface area (Å²) >= 11 is 12.6. The van der Waals surface area contributed by atoms with Crippen LogP contribution in [0.2, 0.25) is 10.0 Å². The summed E-state index contributed by atoms with van der Waals surface area (Å²) in [6.07, 6.45) is 0. The van der Waals surface area contributed by atoms with Gasteiger partial charge in [-0.2, -0.15) is 0 Å². The molecule has 0 radical (unpaired) electrons. The molecular weight excluding hydrogens is 343 g/mol. The van der Waals surface area contributed by atoms with Crippen LogP contribution in [0.3, 0.4) is 0 Å². The maximum atomic E-state index is 11.9. The maximum absolute atomic E-state index is 11.9. The SMILES string of the molecule is CCNC(=O)c1ccc(C2CN(C)Cc3c(Cl)cc(Cl)cc32)cc1. The molecule has 1 heterocycles. The second-order valence-corrected chi connectivity index (χ2v) is 7.03. The topological polar surface area (TPSA) is 32.3 Å². The Hall–Kier alpha value is -1.55. The van der Waals surface area contributed by atoms with Gasteiger partial charge in [0.05, 0.1) is 0 Å². The molecule has 1 amide bonds. The Labute approximate surface area is 152 Å². The number of fused-ring (bicyclic) bond motifs is 1. The van der Waals surface area contributed by atoms with Crippen molar-refractivity contribution in [3.05, 3.63) is 68.7 Å². The molecule has 126 valence electrons. The number of hydrogen-bond donors (Lipinski definition) is 1. The summed E-state index contributed by atoms with van der Waals surface area (Å²) in [5.74, 6) is 0.148. The van der Waals surface area contributed by atoms with E-state index in [1.54, 1.807) is 6.07 Å². The summed E-state index contributed by atoms with van der Waals surface area (Å²) in [4.78, 5) is 14.2. The van der Waals surface area contributed by atoms with Crippen molar-refractivity contribution < 1.29 is 4.79 Å². The molecule has 0 spiro atoms. The lowest BCUT2D eigenvalue weighted by Crippen LogP contribution is -2.31. The molecule has 1 aliphatic heterocycles. The van der Waals surface area contributed by atoms with Crippen LogP contribution in [0, 0.1) is 0 Å². The number of benzene rings is 2. The fourth-order valence-corrected chi connectivity index (χ4v) is 3.83. The summed E-state index contributed by atoms with van der Waals surface area (Å²) in [5, 5.41) is 4.19. The lowest BCUT2D eigenvalue weighted by Gasteiger charge is -2.33. The van der Waals surface area contributed by atoms with Gasteiger partial charge < -0.3 is 10.2 Å². The second kappa shape index (κ2) is 7.14. The predicted molar refractivity (Wildman–Crippen MR) is 99.1 cm³/mol. The molecule has 1 N–H and O–H groups in total. The van der Waals surface area contributed by atoms with E-state index in [4.69, 9.17) is 23.2 Å². The number of hydrogen-bond acceptors (Lipinski definition) is 2. The number of nitrogens with zero attached hydrogens (tertiary/aromatic N) is 1. The van der Waals surface area contributed by atoms with Gasteiger partial charge in [-0.05, 0) is 54.9 Å². The Kier molecular flexibility index (Phi) is 5.14. The summed E-state index contributed by atoms with van der Waals surface area (Å²) in [7, 11) is 2.09. The minimum atomic E-state index is -0.0451. The van der Waals surface area contributed by atoms with Crippen molar-refractivity contribution in [2.24, 2.45) is 0 Å². The highest BCUT2D eigenvalue weighted by molar-refractivity contribution is 6.35. The number of carbonyl (C=O) groups is 1. The summed E-state index contributed by atoms with van der Waals surface area (Å²) < 4.78 is 0. The average molecular weight is 363 g/mol. The fraction of sp³-hybridized carbons (Fsp3) is 0.316. The molecule has 1 atom stereocenters. The monoisotopic (exact) mass is 362 g/mol. The first-order valence-electron chi connectivity index (χ1n) is 8.04. The van der Waals surface area contributed by atoms with Crippen LogP contribution in [-0.4, -0.2) is 30.9 Å². The van der Waals surface area contributed by atoms with Crippen LogP contribution >= 0.6 is 23.2 Å². The minimum Gasteiger partial charge on any atom is -0.352 e. The van der Waals surface area contributed by atoms with Gasteiger partial charge in [0.1, 0.15) is 0 Å². The summed E-state index contributed by atoms with van der Waals surface area (Å²) in [5.41, 5.74) is 4.15. The van der Waals surface area contributed by atoms with Gasteiger partial charge in [0.2, 0.25) is 0 Å². The van der Waals surface area contributed by atoms with Crippen LogP contribution in [0.1, 0.15) is 39.9 Å². The highest BCUT2D eigenvalue weighted by Gasteiger charge is 2.27. The van der Waals surface area contributed by atoms with Gasteiger partial charge in [-0.15, -0.1) is 0 Å². The van der Waals surface area contributed by atoms with Crippen molar-refractivity contribution in [2.75, 3.05) is 20.1 Å². The van der Waals surface area contributed by atoms with Gasteiger partial charge in [-0.1, -0.05) is 35.3 Å². The second-order valence-electron chi connectivity index (χ2n) is 6.19. The molecule has 1 aliphatic rings. The number of amides is 1. The molecular formula is C19H20Cl2N2O. The highest BCUT2D eigenvalue weighted by atomic mass is 35.5. The Morgan fingerprint density at radius 3 is 2.62 bits per heavy atom. The third-order valence-corrected chi connectivity index (χ3v) is 4.96. The standard InChI is InChI=1S/C19H20Cl2N2O/c1-3-22-19(24)13-6-4-12(5-7-13)16-10-23(2)11-17-15(16)8-14(20)9-18(17)21/h4-9,16H,3,10-11H2,1-2H3,(H,22,24). The summed E-state index contributed by atoms with van der Waals surface area (Å²) in [6, 6.07) is 11.6. The average Bonchev–Trinajstić information content (AvgIpc) is 2.55. The smallest absolute Gasteiger partial charge is 0.251 e. The highest BCUT2D eigenvalue weighted by Crippen LogP contribution is 2.38. The van der Waals surface area contributed by atoms with E-state index < -0.39 is 0 Å². The lowest BCUT2D eigenvalue weighted by atomic mass is 9.84. The van der Waals surface area contributed by atoms with E-state index in [9.17, 15) is 4.79 Å². The Balaban J connectivity index is 1.97. The molecule has 24 heavy (non-hydrogen) atoms. The third-order valence-electron chi connectivity index (χ3n) is 4.41. The molecule has 5 heteroatoms. The number of nitrogens with one attached hydrogen (secondary N) is 1. The minimum absolute atomic E-state index is 0.0451. The van der Waals surface area contributed by atoms with Gasteiger partial charge in [-0.25, -0.2) is 0 Å². The van der Waals surface area contributed by atoms with Crippen LogP contribution < -0.4 is 5.32 Å². The quantitative estimate of drug-likeness (QED) is 0.881. The van der Waals surface area contributed by atoms with Gasteiger partial charge >= 0.3 is 0 Å². The van der Waals surface area contributed by atoms with Crippen molar-refractivity contribution in [2.45, 2.75) is 19.4 Å². The van der Waals surface area contributed by atoms with Crippen molar-refractivity contribution in [1.82, 2.24) is 10.2 Å². The van der Waals surface area contributed by atoms with Crippen LogP contribution in [0.4, 0.5) is 0 Å². The first kappa shape index (κ1) is 17.3. The van der Waals surface area contributed by atoms with E-state index >= 15 is 0 Å². The Morgan fingerprint density at radius 1 is 1.25 bits per heavy atom. The van der Waals surface area contributed by atoms with E-state index in [0.717, 1.165) is 24.2 Å². The van der Waals surface area contributed by atoms with Crippen LogP contribution in [-0.2, 0) is 6.54 Å². The van der Waals surface area contributed by atoms with Gasteiger partial charge in [-0.3, -0.25) is 4.79 Å². The zero-order valence-electron chi connectivity index (χ0n) is 13.8. The molecule has 0 saturated carbocycles. The van der Waals surface area contributed by atoms with Gasteiger partial charge in [0, 0.05) is 41.2 Å². The largest absolute Gasteiger partial charge is 0.352 e. The molecule has 0 bridgehead atoms. The van der Waals surface area contributed by atoms with Crippen molar-refractivity contribution in [1.29, 1.82) is 0 Å². The number of carbonyl (C=O) groups excluding carboxylic acids is 1. The number of rotatable bonds is 3. The molecule has 2 aromatic rings. The Morgan fingerprint density at radius 2 is 1.96 bits per heavy atom. The molecule has 1 unspecified atom stereocenters. The molecule has 0 aliphatic carbocycles. The predicted octanol–water partition coefficient (Wildman–Crippen LogP) is 4.32. The molecule has 0 fully saturated rings. The Bertz CT molecular complexity index is 759. The fourth-order valence-electron chi connectivity index (χ4n) is 3.26. The molecule has 3 rings (SSSR count). The third kappa shape index (κ3) is 3.44. The van der Waals surface area contributed by atoms with E-state index in [-0.39, 0.29) is 11.8 Å². The molecule has 0 aromatic heterocycles. The number of likely N-dealkylation sites (N-methyl/N-ethyl adjacent to an activating group) is 1. The van der Waals surface area contributed by atoms with Crippen molar-refractivity contribution >= 4 is 29.1 Å². The van der Waals surface area contributed by atoms with E-state index in [2.05, 4.69) is 17.3 Å². The van der Waals surface area contributed by atoms with Crippen LogP contribution in [0.25, 0.3) is 0 Å². The lowest BCUT2D eigenvalue weighted by molar-refractivity contribution is 0.0956. The number of halogens is 2. The van der Waals surface area contributed by atoms with E-state index in [1.165, 1.54) is 5.56 Å². The van der Waals surface area contributed by atoms with Crippen molar-refractivity contribution in [3.63, 3.8) is 0 Å². The van der Waals surface area contributed by atoms with Gasteiger partial charge in [0.25, 0.3) is 5.91 Å². The summed E-state index contributed by atoms with van der Waals surface area (Å²) in [6.45, 7) is 4.25. The normalized spacial score (nSPS) is 17.4. The van der Waals surface area contributed by atoms with E-state index in [0.29, 0.717) is 22.2 Å². The first-order chi connectivity index (χ1) is 11.5. The van der Waals surface area contributed by atoms with Crippen LogP contribution in [0.5, 0.6) is 0 Å². The maximum Gasteiger partial charge on any atom is 0.251 e. The zero-order valence-corrected chi connectivity index (χ0v) is 15.3. The molecule has 2 aromatic carbocycles. The van der Waals surface area contributed by atoms with Crippen LogP contribution in [0.15, 0.2) is 36.4 Å².